The predicted octanol–water partition coefficient (Wildman–Crippen LogP) is 4.72. The van der Waals surface area contributed by atoms with Gasteiger partial charge in [-0.1, -0.05) is 41.4 Å². The molecular weight excluding hydrogens is 377 g/mol. The minimum atomic E-state index is -0.880. The van der Waals surface area contributed by atoms with E-state index in [0.717, 1.165) is 0 Å². The van der Waals surface area contributed by atoms with Gasteiger partial charge in [-0.05, 0) is 43.7 Å². The lowest BCUT2D eigenvalue weighted by Crippen LogP contribution is -2.30. The summed E-state index contributed by atoms with van der Waals surface area (Å²) in [6.07, 6.45) is -0.312. The second-order valence-electron chi connectivity index (χ2n) is 5.51. The van der Waals surface area contributed by atoms with Gasteiger partial charge < -0.3 is 14.8 Å². The highest BCUT2D eigenvalue weighted by molar-refractivity contribution is 6.35. The minimum Gasteiger partial charge on any atom is -0.492 e. The highest BCUT2D eigenvalue weighted by Gasteiger charge is 2.17. The SMILES string of the molecule is C[C@H](OC(=O)CCCOc1ccc(Cl)cc1Cl)C(=O)Nc1ccccc1. The van der Waals surface area contributed by atoms with E-state index in [1.807, 2.05) is 6.07 Å². The lowest BCUT2D eigenvalue weighted by molar-refractivity contribution is -0.153. The zero-order valence-electron chi connectivity index (χ0n) is 14.2. The summed E-state index contributed by atoms with van der Waals surface area (Å²) in [7, 11) is 0. The van der Waals surface area contributed by atoms with Gasteiger partial charge in [0.2, 0.25) is 0 Å². The second kappa shape index (κ2) is 10.0. The third-order valence-electron chi connectivity index (χ3n) is 3.40. The average Bonchev–Trinajstić information content (AvgIpc) is 2.61. The number of amides is 1. The van der Waals surface area contributed by atoms with Crippen molar-refractivity contribution in [3.05, 3.63) is 58.6 Å². The molecule has 0 radical (unpaired) electrons. The molecule has 0 aliphatic heterocycles. The Balaban J connectivity index is 1.68. The van der Waals surface area contributed by atoms with Gasteiger partial charge in [-0.15, -0.1) is 0 Å². The molecule has 1 atom stereocenters. The van der Waals surface area contributed by atoms with E-state index in [1.165, 1.54) is 6.92 Å². The number of ether oxygens (including phenoxy) is 2. The molecule has 0 saturated carbocycles. The Kier molecular flexibility index (Phi) is 7.75. The normalized spacial score (nSPS) is 11.5. The zero-order valence-corrected chi connectivity index (χ0v) is 15.7. The molecule has 2 aromatic rings. The highest BCUT2D eigenvalue weighted by Crippen LogP contribution is 2.27. The van der Waals surface area contributed by atoms with Crippen molar-refractivity contribution in [2.45, 2.75) is 25.9 Å². The molecule has 0 aliphatic carbocycles. The van der Waals surface area contributed by atoms with E-state index in [9.17, 15) is 9.59 Å². The van der Waals surface area contributed by atoms with Crippen LogP contribution in [-0.2, 0) is 14.3 Å². The summed E-state index contributed by atoms with van der Waals surface area (Å²) in [5.41, 5.74) is 0.647. The number of anilines is 1. The fourth-order valence-electron chi connectivity index (χ4n) is 2.07. The fraction of sp³-hybridized carbons (Fsp3) is 0.263. The van der Waals surface area contributed by atoms with Gasteiger partial charge in [-0.2, -0.15) is 0 Å². The summed E-state index contributed by atoms with van der Waals surface area (Å²) in [5, 5.41) is 3.61. The van der Waals surface area contributed by atoms with Crippen LogP contribution in [-0.4, -0.2) is 24.6 Å². The summed E-state index contributed by atoms with van der Waals surface area (Å²) in [5.74, 6) is -0.347. The van der Waals surface area contributed by atoms with Gasteiger partial charge in [-0.25, -0.2) is 0 Å². The minimum absolute atomic E-state index is 0.133. The average molecular weight is 396 g/mol. The number of hydrogen-bond donors (Lipinski definition) is 1. The maximum absolute atomic E-state index is 12.0. The fourth-order valence-corrected chi connectivity index (χ4v) is 2.53. The van der Waals surface area contributed by atoms with Crippen LogP contribution in [0.3, 0.4) is 0 Å². The molecule has 0 saturated heterocycles. The van der Waals surface area contributed by atoms with Gasteiger partial charge in [-0.3, -0.25) is 9.59 Å². The summed E-state index contributed by atoms with van der Waals surface area (Å²) >= 11 is 11.8. The van der Waals surface area contributed by atoms with Crippen LogP contribution in [0.15, 0.2) is 48.5 Å². The molecule has 2 rings (SSSR count). The van der Waals surface area contributed by atoms with Gasteiger partial charge >= 0.3 is 5.97 Å². The van der Waals surface area contributed by atoms with Crippen LogP contribution in [0.1, 0.15) is 19.8 Å². The van der Waals surface area contributed by atoms with E-state index < -0.39 is 12.1 Å². The number of halogens is 2. The Bertz CT molecular complexity index is 752. The van der Waals surface area contributed by atoms with Crippen molar-refractivity contribution in [1.29, 1.82) is 0 Å². The van der Waals surface area contributed by atoms with Crippen molar-refractivity contribution in [3.63, 3.8) is 0 Å². The summed E-state index contributed by atoms with van der Waals surface area (Å²) in [6, 6.07) is 13.9. The molecule has 2 aromatic carbocycles. The maximum Gasteiger partial charge on any atom is 0.306 e. The Labute approximate surface area is 162 Å². The van der Waals surface area contributed by atoms with E-state index in [4.69, 9.17) is 32.7 Å². The summed E-state index contributed by atoms with van der Waals surface area (Å²) in [4.78, 5) is 23.8. The van der Waals surface area contributed by atoms with E-state index in [-0.39, 0.29) is 12.3 Å². The van der Waals surface area contributed by atoms with E-state index in [1.54, 1.807) is 42.5 Å². The largest absolute Gasteiger partial charge is 0.492 e. The number of hydrogen-bond acceptors (Lipinski definition) is 4. The van der Waals surface area contributed by atoms with Crippen molar-refractivity contribution in [2.24, 2.45) is 0 Å². The van der Waals surface area contributed by atoms with E-state index in [2.05, 4.69) is 5.32 Å². The number of carbonyl (C=O) groups is 2. The third kappa shape index (κ3) is 6.58. The van der Waals surface area contributed by atoms with Crippen molar-refractivity contribution in [3.8, 4) is 5.75 Å². The molecule has 0 aromatic heterocycles. The number of carbonyl (C=O) groups excluding carboxylic acids is 2. The van der Waals surface area contributed by atoms with Gasteiger partial charge in [0.15, 0.2) is 6.10 Å². The standard InChI is InChI=1S/C19H19Cl2NO4/c1-13(19(24)22-15-6-3-2-4-7-15)26-18(23)8-5-11-25-17-10-9-14(20)12-16(17)21/h2-4,6-7,9-10,12-13H,5,8,11H2,1H3,(H,22,24)/t13-/m0/s1. The van der Waals surface area contributed by atoms with Crippen LogP contribution >= 0.6 is 23.2 Å². The Morgan fingerprint density at radius 1 is 1.12 bits per heavy atom. The summed E-state index contributed by atoms with van der Waals surface area (Å²) in [6.45, 7) is 1.82. The van der Waals surface area contributed by atoms with Gasteiger partial charge in [0.1, 0.15) is 5.75 Å². The predicted molar refractivity (Wildman–Crippen MR) is 102 cm³/mol. The van der Waals surface area contributed by atoms with Crippen molar-refractivity contribution in [1.82, 2.24) is 0 Å². The Hall–Kier alpha value is -2.24. The highest BCUT2D eigenvalue weighted by atomic mass is 35.5. The maximum atomic E-state index is 12.0. The lowest BCUT2D eigenvalue weighted by atomic mass is 10.3. The van der Waals surface area contributed by atoms with Crippen LogP contribution in [0.5, 0.6) is 5.75 Å². The number of rotatable bonds is 8. The molecular formula is C19H19Cl2NO4. The molecule has 0 fully saturated rings. The van der Waals surface area contributed by atoms with Crippen molar-refractivity contribution < 1.29 is 19.1 Å². The first-order chi connectivity index (χ1) is 12.5. The second-order valence-corrected chi connectivity index (χ2v) is 6.36. The topological polar surface area (TPSA) is 64.6 Å². The van der Waals surface area contributed by atoms with Crippen LogP contribution < -0.4 is 10.1 Å². The van der Waals surface area contributed by atoms with E-state index in [0.29, 0.717) is 34.5 Å². The first-order valence-electron chi connectivity index (χ1n) is 8.09. The monoisotopic (exact) mass is 395 g/mol. The van der Waals surface area contributed by atoms with E-state index >= 15 is 0 Å². The first-order valence-corrected chi connectivity index (χ1v) is 8.84. The van der Waals surface area contributed by atoms with Crippen LogP contribution in [0, 0.1) is 0 Å². The number of esters is 1. The molecule has 1 amide bonds. The van der Waals surface area contributed by atoms with Crippen LogP contribution in [0.2, 0.25) is 10.0 Å². The molecule has 0 bridgehead atoms. The van der Waals surface area contributed by atoms with Crippen LogP contribution in [0.25, 0.3) is 0 Å². The molecule has 138 valence electrons. The lowest BCUT2D eigenvalue weighted by Gasteiger charge is -2.13. The van der Waals surface area contributed by atoms with Gasteiger partial charge in [0, 0.05) is 17.1 Å². The van der Waals surface area contributed by atoms with Gasteiger partial charge in [0.05, 0.1) is 11.6 Å². The molecule has 0 aliphatic rings. The molecule has 5 nitrogen and oxygen atoms in total. The number of nitrogens with one attached hydrogen (secondary N) is 1. The van der Waals surface area contributed by atoms with Crippen LogP contribution in [0.4, 0.5) is 5.69 Å². The first kappa shape index (κ1) is 20.1. The summed E-state index contributed by atoms with van der Waals surface area (Å²) < 4.78 is 10.6. The number of para-hydroxylation sites is 1. The van der Waals surface area contributed by atoms with Crippen molar-refractivity contribution >= 4 is 40.8 Å². The third-order valence-corrected chi connectivity index (χ3v) is 3.93. The number of benzene rings is 2. The quantitative estimate of drug-likeness (QED) is 0.518. The molecule has 7 heteroatoms. The van der Waals surface area contributed by atoms with Gasteiger partial charge in [0.25, 0.3) is 5.91 Å². The Morgan fingerprint density at radius 3 is 2.54 bits per heavy atom. The zero-order chi connectivity index (χ0) is 18.9. The molecule has 1 N–H and O–H groups in total. The Morgan fingerprint density at radius 2 is 1.85 bits per heavy atom. The molecule has 0 spiro atoms. The molecule has 26 heavy (non-hydrogen) atoms. The molecule has 0 heterocycles. The van der Waals surface area contributed by atoms with Crippen molar-refractivity contribution in [2.75, 3.05) is 11.9 Å². The smallest absolute Gasteiger partial charge is 0.306 e. The molecule has 0 unspecified atom stereocenters.